The summed E-state index contributed by atoms with van der Waals surface area (Å²) < 4.78 is 5.59. The second-order valence-corrected chi connectivity index (χ2v) is 4.31. The number of amides is 2. The Morgan fingerprint density at radius 2 is 2.11 bits per heavy atom. The Kier molecular flexibility index (Phi) is 6.38. The predicted molar refractivity (Wildman–Crippen MR) is 75.4 cm³/mol. The first-order valence-corrected chi connectivity index (χ1v) is 6.04. The van der Waals surface area contributed by atoms with Gasteiger partial charge in [-0.1, -0.05) is 0 Å². The first-order valence-electron chi connectivity index (χ1n) is 6.04. The number of ether oxygens (including phenoxy) is 1. The van der Waals surface area contributed by atoms with Gasteiger partial charge in [0, 0.05) is 6.54 Å². The second kappa shape index (κ2) is 8.10. The van der Waals surface area contributed by atoms with Crippen LogP contribution in [0.3, 0.4) is 0 Å². The van der Waals surface area contributed by atoms with E-state index in [1.165, 1.54) is 6.21 Å². The SMILES string of the molecule is CN(C)CCCOc1ccc(/C=N/NC(N)=O)cc1. The number of carbonyl (C=O) groups excluding carboxylic acids is 1. The van der Waals surface area contributed by atoms with E-state index in [4.69, 9.17) is 10.5 Å². The average molecular weight is 264 g/mol. The van der Waals surface area contributed by atoms with E-state index < -0.39 is 6.03 Å². The van der Waals surface area contributed by atoms with Gasteiger partial charge < -0.3 is 15.4 Å². The second-order valence-electron chi connectivity index (χ2n) is 4.31. The number of primary amides is 1. The Morgan fingerprint density at radius 1 is 1.42 bits per heavy atom. The van der Waals surface area contributed by atoms with E-state index in [0.29, 0.717) is 6.61 Å². The number of nitrogens with one attached hydrogen (secondary N) is 1. The maximum absolute atomic E-state index is 10.4. The largest absolute Gasteiger partial charge is 0.494 e. The number of nitrogens with two attached hydrogens (primary N) is 1. The molecule has 6 heteroatoms. The highest BCUT2D eigenvalue weighted by Gasteiger charge is 1.95. The summed E-state index contributed by atoms with van der Waals surface area (Å²) in [6.45, 7) is 1.69. The highest BCUT2D eigenvalue weighted by Crippen LogP contribution is 2.11. The molecule has 0 bridgehead atoms. The van der Waals surface area contributed by atoms with Crippen LogP contribution in [-0.4, -0.2) is 44.4 Å². The van der Waals surface area contributed by atoms with Gasteiger partial charge in [-0.25, -0.2) is 10.2 Å². The fraction of sp³-hybridized carbons (Fsp3) is 0.385. The van der Waals surface area contributed by atoms with E-state index in [1.54, 1.807) is 0 Å². The number of benzene rings is 1. The summed E-state index contributed by atoms with van der Waals surface area (Å²) in [7, 11) is 4.07. The van der Waals surface area contributed by atoms with Gasteiger partial charge in [0.25, 0.3) is 0 Å². The zero-order valence-corrected chi connectivity index (χ0v) is 11.3. The number of hydrazone groups is 1. The zero-order chi connectivity index (χ0) is 14.1. The van der Waals surface area contributed by atoms with Crippen molar-refractivity contribution in [3.05, 3.63) is 29.8 Å². The Balaban J connectivity index is 2.35. The number of hydrogen-bond acceptors (Lipinski definition) is 4. The molecule has 0 unspecified atom stereocenters. The lowest BCUT2D eigenvalue weighted by Crippen LogP contribution is -2.24. The van der Waals surface area contributed by atoms with Crippen LogP contribution in [0.4, 0.5) is 4.79 Å². The Bertz CT molecular complexity index is 415. The minimum absolute atomic E-state index is 0.683. The average Bonchev–Trinajstić information content (AvgIpc) is 2.36. The van der Waals surface area contributed by atoms with Crippen molar-refractivity contribution in [3.8, 4) is 5.75 Å². The van der Waals surface area contributed by atoms with Crippen molar-refractivity contribution in [2.24, 2.45) is 10.8 Å². The standard InChI is InChI=1S/C13H20N4O2/c1-17(2)8-3-9-19-12-6-4-11(5-7-12)10-15-16-13(14)18/h4-7,10H,3,8-9H2,1-2H3,(H3,14,16,18)/b15-10+. The molecule has 0 radical (unpaired) electrons. The van der Waals surface area contributed by atoms with Gasteiger partial charge >= 0.3 is 6.03 Å². The van der Waals surface area contributed by atoms with Gasteiger partial charge in [-0.05, 0) is 50.3 Å². The lowest BCUT2D eigenvalue weighted by Gasteiger charge is -2.10. The van der Waals surface area contributed by atoms with Crippen LogP contribution in [0.5, 0.6) is 5.75 Å². The molecule has 0 saturated carbocycles. The van der Waals surface area contributed by atoms with Gasteiger partial charge in [-0.15, -0.1) is 0 Å². The Labute approximate surface area is 113 Å². The van der Waals surface area contributed by atoms with Gasteiger partial charge in [-0.3, -0.25) is 0 Å². The van der Waals surface area contributed by atoms with Crippen molar-refractivity contribution in [3.63, 3.8) is 0 Å². The summed E-state index contributed by atoms with van der Waals surface area (Å²) in [5, 5.41) is 3.67. The molecule has 104 valence electrons. The van der Waals surface area contributed by atoms with E-state index in [0.717, 1.165) is 24.3 Å². The molecule has 19 heavy (non-hydrogen) atoms. The maximum Gasteiger partial charge on any atom is 0.332 e. The minimum atomic E-state index is -0.683. The molecule has 0 fully saturated rings. The van der Waals surface area contributed by atoms with Gasteiger partial charge in [0.1, 0.15) is 5.75 Å². The van der Waals surface area contributed by atoms with Crippen molar-refractivity contribution in [2.45, 2.75) is 6.42 Å². The molecule has 0 aliphatic carbocycles. The first-order chi connectivity index (χ1) is 9.08. The van der Waals surface area contributed by atoms with Crippen LogP contribution < -0.4 is 15.9 Å². The number of urea groups is 1. The molecule has 0 saturated heterocycles. The molecule has 0 aromatic heterocycles. The molecule has 0 aliphatic heterocycles. The van der Waals surface area contributed by atoms with Crippen molar-refractivity contribution in [2.75, 3.05) is 27.2 Å². The monoisotopic (exact) mass is 264 g/mol. The Hall–Kier alpha value is -2.08. The zero-order valence-electron chi connectivity index (χ0n) is 11.3. The summed E-state index contributed by atoms with van der Waals surface area (Å²) in [5.74, 6) is 0.818. The van der Waals surface area contributed by atoms with E-state index in [-0.39, 0.29) is 0 Å². The number of carbonyl (C=O) groups is 1. The Morgan fingerprint density at radius 3 is 2.68 bits per heavy atom. The summed E-state index contributed by atoms with van der Waals surface area (Å²) in [5.41, 5.74) is 7.87. The van der Waals surface area contributed by atoms with Gasteiger partial charge in [-0.2, -0.15) is 5.10 Å². The van der Waals surface area contributed by atoms with E-state index >= 15 is 0 Å². The van der Waals surface area contributed by atoms with Crippen LogP contribution in [-0.2, 0) is 0 Å². The van der Waals surface area contributed by atoms with Crippen LogP contribution in [0, 0.1) is 0 Å². The molecular weight excluding hydrogens is 244 g/mol. The molecule has 0 atom stereocenters. The van der Waals surface area contributed by atoms with Crippen LogP contribution in [0.15, 0.2) is 29.4 Å². The van der Waals surface area contributed by atoms with Crippen LogP contribution >= 0.6 is 0 Å². The molecule has 0 spiro atoms. The quantitative estimate of drug-likeness (QED) is 0.438. The predicted octanol–water partition coefficient (Wildman–Crippen LogP) is 1.02. The molecule has 3 N–H and O–H groups in total. The number of rotatable bonds is 7. The summed E-state index contributed by atoms with van der Waals surface area (Å²) in [6.07, 6.45) is 2.50. The normalized spacial score (nSPS) is 10.9. The molecule has 0 aliphatic rings. The third-order valence-electron chi connectivity index (χ3n) is 2.29. The first kappa shape index (κ1) is 15.0. The lowest BCUT2D eigenvalue weighted by atomic mass is 10.2. The minimum Gasteiger partial charge on any atom is -0.494 e. The molecular formula is C13H20N4O2. The fourth-order valence-electron chi connectivity index (χ4n) is 1.39. The highest BCUT2D eigenvalue weighted by atomic mass is 16.5. The fourth-order valence-corrected chi connectivity index (χ4v) is 1.39. The number of hydrogen-bond donors (Lipinski definition) is 2. The molecule has 6 nitrogen and oxygen atoms in total. The summed E-state index contributed by atoms with van der Waals surface area (Å²) >= 11 is 0. The van der Waals surface area contributed by atoms with Crippen molar-refractivity contribution in [1.82, 2.24) is 10.3 Å². The van der Waals surface area contributed by atoms with Crippen molar-refractivity contribution < 1.29 is 9.53 Å². The highest BCUT2D eigenvalue weighted by molar-refractivity contribution is 5.81. The molecule has 1 aromatic rings. The van der Waals surface area contributed by atoms with Crippen LogP contribution in [0.2, 0.25) is 0 Å². The third-order valence-corrected chi connectivity index (χ3v) is 2.29. The summed E-state index contributed by atoms with van der Waals surface area (Å²) in [4.78, 5) is 12.5. The van der Waals surface area contributed by atoms with Gasteiger partial charge in [0.05, 0.1) is 12.8 Å². The van der Waals surface area contributed by atoms with Crippen LogP contribution in [0.25, 0.3) is 0 Å². The van der Waals surface area contributed by atoms with Crippen LogP contribution in [0.1, 0.15) is 12.0 Å². The van der Waals surface area contributed by atoms with Crippen molar-refractivity contribution >= 4 is 12.2 Å². The topological polar surface area (TPSA) is 79.9 Å². The van der Waals surface area contributed by atoms with E-state index in [1.807, 2.05) is 38.4 Å². The van der Waals surface area contributed by atoms with Crippen molar-refractivity contribution in [1.29, 1.82) is 0 Å². The van der Waals surface area contributed by atoms with E-state index in [2.05, 4.69) is 15.4 Å². The van der Waals surface area contributed by atoms with Gasteiger partial charge in [0.2, 0.25) is 0 Å². The maximum atomic E-state index is 10.4. The molecule has 2 amide bonds. The molecule has 0 heterocycles. The molecule has 1 aromatic carbocycles. The third kappa shape index (κ3) is 7.05. The lowest BCUT2D eigenvalue weighted by molar-refractivity contribution is 0.249. The van der Waals surface area contributed by atoms with E-state index in [9.17, 15) is 4.79 Å². The molecule has 1 rings (SSSR count). The number of nitrogens with zero attached hydrogens (tertiary/aromatic N) is 2. The van der Waals surface area contributed by atoms with Gasteiger partial charge in [0.15, 0.2) is 0 Å². The smallest absolute Gasteiger partial charge is 0.332 e. The summed E-state index contributed by atoms with van der Waals surface area (Å²) in [6, 6.07) is 6.75.